The summed E-state index contributed by atoms with van der Waals surface area (Å²) in [5, 5.41) is 18.4. The number of fused-ring (bicyclic) bond motifs is 1. The van der Waals surface area contributed by atoms with E-state index in [-0.39, 0.29) is 30.2 Å². The Morgan fingerprint density at radius 2 is 1.64 bits per heavy atom. The zero-order valence-corrected chi connectivity index (χ0v) is 25.9. The van der Waals surface area contributed by atoms with Gasteiger partial charge in [0.25, 0.3) is 11.8 Å². The van der Waals surface area contributed by atoms with Crippen molar-refractivity contribution in [2.24, 2.45) is 5.92 Å². The van der Waals surface area contributed by atoms with E-state index in [9.17, 15) is 19.5 Å². The lowest BCUT2D eigenvalue weighted by atomic mass is 9.84. The van der Waals surface area contributed by atoms with Gasteiger partial charge in [-0.25, -0.2) is 4.98 Å². The number of carbonyl (C=O) groups is 3. The Morgan fingerprint density at radius 3 is 2.36 bits per heavy atom. The fourth-order valence-electron chi connectivity index (χ4n) is 5.31. The standard InChI is InChI=1S/C36H42N4O4/c1-5-11-30(39-35(44)31-18-17-25-13-7-9-16-29(25)38-31)33(42)22-27(20-24-12-10-19-37-23-24)32(41)21-26-14-6-8-15-28(26)34(43)40-36(2,3)4/h6-10,12-19,23,27,30,32,41H,5,11,20-22H2,1-4H3,(H,39,44)(H,40,43)/t27-,30-,32+/m0/s1. The van der Waals surface area contributed by atoms with E-state index in [0.717, 1.165) is 10.9 Å². The Labute approximate surface area is 259 Å². The minimum Gasteiger partial charge on any atom is -0.392 e. The van der Waals surface area contributed by atoms with Crippen LogP contribution in [0, 0.1) is 5.92 Å². The summed E-state index contributed by atoms with van der Waals surface area (Å²) in [7, 11) is 0. The number of pyridine rings is 2. The molecule has 0 fully saturated rings. The SMILES string of the molecule is CCC[C@H](NC(=O)c1ccc2ccccc2n1)C(=O)C[C@H](Cc1cccnc1)[C@H](O)Cc1ccccc1C(=O)NC(C)(C)C. The normalized spacial score (nSPS) is 13.6. The zero-order chi connectivity index (χ0) is 31.7. The van der Waals surface area contributed by atoms with Crippen molar-refractivity contribution in [2.45, 2.75) is 77.5 Å². The molecular formula is C36H42N4O4. The Bertz CT molecular complexity index is 1580. The van der Waals surface area contributed by atoms with E-state index < -0.39 is 29.5 Å². The quantitative estimate of drug-likeness (QED) is 0.189. The fraction of sp³-hybridized carbons (Fsp3) is 0.361. The van der Waals surface area contributed by atoms with Crippen LogP contribution in [0.5, 0.6) is 0 Å². The summed E-state index contributed by atoms with van der Waals surface area (Å²) in [6.45, 7) is 7.71. The number of aliphatic hydroxyl groups excluding tert-OH is 1. The number of hydrogen-bond acceptors (Lipinski definition) is 6. The topological polar surface area (TPSA) is 121 Å². The second kappa shape index (κ2) is 14.8. The summed E-state index contributed by atoms with van der Waals surface area (Å²) in [5.41, 5.74) is 2.61. The first-order chi connectivity index (χ1) is 21.0. The Kier molecular flexibility index (Phi) is 11.0. The molecule has 4 aromatic rings. The number of aliphatic hydroxyl groups is 1. The van der Waals surface area contributed by atoms with Crippen LogP contribution in [0.3, 0.4) is 0 Å². The van der Waals surface area contributed by atoms with E-state index >= 15 is 0 Å². The number of benzene rings is 2. The highest BCUT2D eigenvalue weighted by Gasteiger charge is 2.29. The van der Waals surface area contributed by atoms with Crippen molar-refractivity contribution in [2.75, 3.05) is 0 Å². The summed E-state index contributed by atoms with van der Waals surface area (Å²) in [6, 6.07) is 21.3. The average Bonchev–Trinajstić information content (AvgIpc) is 3.00. The van der Waals surface area contributed by atoms with Gasteiger partial charge < -0.3 is 15.7 Å². The number of aromatic nitrogens is 2. The van der Waals surface area contributed by atoms with Gasteiger partial charge in [-0.05, 0) is 81.3 Å². The summed E-state index contributed by atoms with van der Waals surface area (Å²) < 4.78 is 0. The highest BCUT2D eigenvalue weighted by atomic mass is 16.3. The molecule has 44 heavy (non-hydrogen) atoms. The number of amides is 2. The molecule has 0 radical (unpaired) electrons. The molecule has 8 heteroatoms. The van der Waals surface area contributed by atoms with Crippen LogP contribution >= 0.6 is 0 Å². The van der Waals surface area contributed by atoms with Gasteiger partial charge in [-0.2, -0.15) is 0 Å². The molecule has 3 atom stereocenters. The first-order valence-electron chi connectivity index (χ1n) is 15.2. The maximum absolute atomic E-state index is 13.8. The highest BCUT2D eigenvalue weighted by molar-refractivity contribution is 5.98. The molecular weight excluding hydrogens is 552 g/mol. The lowest BCUT2D eigenvalue weighted by molar-refractivity contribution is -0.123. The second-order valence-electron chi connectivity index (χ2n) is 12.3. The van der Waals surface area contributed by atoms with Gasteiger partial charge in [-0.1, -0.05) is 61.9 Å². The molecule has 230 valence electrons. The van der Waals surface area contributed by atoms with Crippen molar-refractivity contribution in [3.05, 3.63) is 108 Å². The van der Waals surface area contributed by atoms with Crippen molar-refractivity contribution < 1.29 is 19.5 Å². The van der Waals surface area contributed by atoms with E-state index in [2.05, 4.69) is 20.6 Å². The van der Waals surface area contributed by atoms with Gasteiger partial charge >= 0.3 is 0 Å². The molecule has 2 aromatic carbocycles. The van der Waals surface area contributed by atoms with Crippen LogP contribution in [-0.4, -0.2) is 50.4 Å². The maximum Gasteiger partial charge on any atom is 0.270 e. The van der Waals surface area contributed by atoms with Crippen LogP contribution in [0.25, 0.3) is 10.9 Å². The van der Waals surface area contributed by atoms with Crippen LogP contribution in [-0.2, 0) is 17.6 Å². The lowest BCUT2D eigenvalue weighted by Gasteiger charge is -2.26. The predicted octanol–water partition coefficient (Wildman–Crippen LogP) is 5.48. The molecule has 2 aromatic heterocycles. The van der Waals surface area contributed by atoms with Crippen molar-refractivity contribution in [1.29, 1.82) is 0 Å². The number of rotatable bonds is 13. The monoisotopic (exact) mass is 594 g/mol. The van der Waals surface area contributed by atoms with E-state index in [1.54, 1.807) is 30.6 Å². The van der Waals surface area contributed by atoms with Gasteiger partial charge in [0.1, 0.15) is 5.69 Å². The van der Waals surface area contributed by atoms with Crippen LogP contribution in [0.2, 0.25) is 0 Å². The number of hydrogen-bond donors (Lipinski definition) is 3. The molecule has 0 spiro atoms. The molecule has 0 aliphatic carbocycles. The third-order valence-electron chi connectivity index (χ3n) is 7.51. The first-order valence-corrected chi connectivity index (χ1v) is 15.2. The van der Waals surface area contributed by atoms with Crippen molar-refractivity contribution in [1.82, 2.24) is 20.6 Å². The van der Waals surface area contributed by atoms with Gasteiger partial charge in [0.2, 0.25) is 0 Å². The second-order valence-corrected chi connectivity index (χ2v) is 12.3. The summed E-state index contributed by atoms with van der Waals surface area (Å²) in [4.78, 5) is 48.7. The molecule has 0 unspecified atom stereocenters. The zero-order valence-electron chi connectivity index (χ0n) is 25.9. The molecule has 0 aliphatic heterocycles. The number of nitrogens with zero attached hydrogens (tertiary/aromatic N) is 2. The summed E-state index contributed by atoms with van der Waals surface area (Å²) >= 11 is 0. The van der Waals surface area contributed by atoms with Crippen molar-refractivity contribution in [3.8, 4) is 0 Å². The van der Waals surface area contributed by atoms with Crippen LogP contribution in [0.1, 0.15) is 78.9 Å². The minimum atomic E-state index is -0.928. The molecule has 0 bridgehead atoms. The van der Waals surface area contributed by atoms with Gasteiger partial charge in [-0.3, -0.25) is 19.4 Å². The van der Waals surface area contributed by atoms with E-state index in [1.165, 1.54) is 0 Å². The Balaban J connectivity index is 1.54. The minimum absolute atomic E-state index is 0.0442. The largest absolute Gasteiger partial charge is 0.392 e. The third kappa shape index (κ3) is 9.04. The number of carbonyl (C=O) groups excluding carboxylic acids is 3. The van der Waals surface area contributed by atoms with E-state index in [4.69, 9.17) is 0 Å². The van der Waals surface area contributed by atoms with E-state index in [0.29, 0.717) is 35.9 Å². The third-order valence-corrected chi connectivity index (χ3v) is 7.51. The van der Waals surface area contributed by atoms with Gasteiger partial charge in [0.05, 0.1) is 17.7 Å². The molecule has 0 saturated heterocycles. The van der Waals surface area contributed by atoms with Gasteiger partial charge in [0.15, 0.2) is 5.78 Å². The van der Waals surface area contributed by atoms with Crippen LogP contribution < -0.4 is 10.6 Å². The number of Topliss-reactive ketones (excluding diaryl/α,β-unsaturated/α-hetero) is 1. The van der Waals surface area contributed by atoms with Crippen LogP contribution in [0.15, 0.2) is 85.2 Å². The predicted molar refractivity (Wildman–Crippen MR) is 172 cm³/mol. The molecule has 8 nitrogen and oxygen atoms in total. The first kappa shape index (κ1) is 32.5. The average molecular weight is 595 g/mol. The lowest BCUT2D eigenvalue weighted by Crippen LogP contribution is -2.43. The maximum atomic E-state index is 13.8. The van der Waals surface area contributed by atoms with E-state index in [1.807, 2.05) is 82.3 Å². The van der Waals surface area contributed by atoms with Gasteiger partial charge in [0, 0.05) is 35.3 Å². The number of nitrogens with one attached hydrogen (secondary N) is 2. The van der Waals surface area contributed by atoms with Crippen molar-refractivity contribution in [3.63, 3.8) is 0 Å². The molecule has 4 rings (SSSR count). The smallest absolute Gasteiger partial charge is 0.270 e. The number of ketones is 1. The molecule has 2 heterocycles. The Morgan fingerprint density at radius 1 is 0.886 bits per heavy atom. The highest BCUT2D eigenvalue weighted by Crippen LogP contribution is 2.23. The molecule has 2 amide bonds. The fourth-order valence-corrected chi connectivity index (χ4v) is 5.31. The van der Waals surface area contributed by atoms with Crippen LogP contribution in [0.4, 0.5) is 0 Å². The number of para-hydroxylation sites is 1. The molecule has 3 N–H and O–H groups in total. The summed E-state index contributed by atoms with van der Waals surface area (Å²) in [6.07, 6.45) is 4.28. The summed E-state index contributed by atoms with van der Waals surface area (Å²) in [5.74, 6) is -1.26. The molecule has 0 aliphatic rings. The molecule has 0 saturated carbocycles. The Hall–Kier alpha value is -4.43. The van der Waals surface area contributed by atoms with Crippen molar-refractivity contribution >= 4 is 28.5 Å². The van der Waals surface area contributed by atoms with Gasteiger partial charge in [-0.15, -0.1) is 0 Å².